The van der Waals surface area contributed by atoms with Gasteiger partial charge in [-0.2, -0.15) is 0 Å². The highest BCUT2D eigenvalue weighted by Gasteiger charge is 2.22. The molecule has 1 aromatic carbocycles. The third kappa shape index (κ3) is 4.60. The predicted molar refractivity (Wildman–Crippen MR) is 96.4 cm³/mol. The molecule has 1 aromatic heterocycles. The Kier molecular flexibility index (Phi) is 5.38. The van der Waals surface area contributed by atoms with E-state index in [2.05, 4.69) is 29.5 Å². The van der Waals surface area contributed by atoms with Crippen molar-refractivity contribution in [3.05, 3.63) is 36.2 Å². The Morgan fingerprint density at radius 1 is 1.32 bits per heavy atom. The summed E-state index contributed by atoms with van der Waals surface area (Å²) in [6.07, 6.45) is 4.09. The summed E-state index contributed by atoms with van der Waals surface area (Å²) >= 11 is 0. The van der Waals surface area contributed by atoms with Crippen molar-refractivity contribution in [3.8, 4) is 11.5 Å². The Labute approximate surface area is 147 Å². The van der Waals surface area contributed by atoms with Crippen molar-refractivity contribution < 1.29 is 14.3 Å². The lowest BCUT2D eigenvalue weighted by Gasteiger charge is -2.12. The topological polar surface area (TPSA) is 87.4 Å². The van der Waals surface area contributed by atoms with Crippen molar-refractivity contribution >= 4 is 11.7 Å². The molecule has 1 saturated carbocycles. The van der Waals surface area contributed by atoms with E-state index < -0.39 is 0 Å². The molecule has 1 heterocycles. The van der Waals surface area contributed by atoms with E-state index in [1.165, 1.54) is 0 Å². The number of oxazole rings is 1. The first-order valence-electron chi connectivity index (χ1n) is 8.80. The van der Waals surface area contributed by atoms with Gasteiger partial charge in [-0.15, -0.1) is 0 Å². The zero-order valence-electron chi connectivity index (χ0n) is 14.7. The van der Waals surface area contributed by atoms with Crippen molar-refractivity contribution in [2.24, 2.45) is 5.92 Å². The van der Waals surface area contributed by atoms with Crippen molar-refractivity contribution in [1.29, 1.82) is 0 Å². The summed E-state index contributed by atoms with van der Waals surface area (Å²) in [7, 11) is 0. The van der Waals surface area contributed by atoms with E-state index in [0.29, 0.717) is 30.0 Å². The summed E-state index contributed by atoms with van der Waals surface area (Å²) in [4.78, 5) is 16.3. The van der Waals surface area contributed by atoms with Gasteiger partial charge in [-0.25, -0.2) is 9.78 Å². The van der Waals surface area contributed by atoms with Gasteiger partial charge in [0.1, 0.15) is 5.76 Å². The molecule has 0 saturated heterocycles. The maximum absolute atomic E-state index is 12.0. The molecule has 1 fully saturated rings. The van der Waals surface area contributed by atoms with E-state index in [0.717, 1.165) is 30.6 Å². The Bertz CT molecular complexity index is 709. The number of carbonyl (C=O) groups is 1. The number of hydrogen-bond donors (Lipinski definition) is 3. The lowest BCUT2D eigenvalue weighted by atomic mass is 10.1. The molecule has 1 aliphatic carbocycles. The van der Waals surface area contributed by atoms with Crippen LogP contribution in [0.15, 0.2) is 34.9 Å². The van der Waals surface area contributed by atoms with Gasteiger partial charge in [-0.1, -0.05) is 13.8 Å². The number of amides is 2. The zero-order valence-corrected chi connectivity index (χ0v) is 14.7. The van der Waals surface area contributed by atoms with Gasteiger partial charge in [0.05, 0.1) is 12.3 Å². The first-order chi connectivity index (χ1) is 12.0. The minimum Gasteiger partial charge on any atom is -0.441 e. The van der Waals surface area contributed by atoms with E-state index in [4.69, 9.17) is 4.42 Å². The molecule has 3 N–H and O–H groups in total. The number of rotatable bonds is 5. The molecule has 0 aliphatic heterocycles. The van der Waals surface area contributed by atoms with Crippen LogP contribution in [-0.4, -0.2) is 28.8 Å². The Hall–Kier alpha value is -2.34. The van der Waals surface area contributed by atoms with Crippen molar-refractivity contribution in [3.63, 3.8) is 0 Å². The van der Waals surface area contributed by atoms with Gasteiger partial charge in [0.25, 0.3) is 0 Å². The number of hydrogen-bond acceptors (Lipinski definition) is 4. The first kappa shape index (κ1) is 17.5. The van der Waals surface area contributed by atoms with Crippen LogP contribution in [0.3, 0.4) is 0 Å². The van der Waals surface area contributed by atoms with Gasteiger partial charge in [0.15, 0.2) is 0 Å². The number of nitrogens with zero attached hydrogens (tertiary/aromatic N) is 1. The summed E-state index contributed by atoms with van der Waals surface area (Å²) in [6.45, 7) is 4.71. The molecule has 2 amide bonds. The number of urea groups is 1. The summed E-state index contributed by atoms with van der Waals surface area (Å²) in [5, 5.41) is 15.2. The largest absolute Gasteiger partial charge is 0.441 e. The highest BCUT2D eigenvalue weighted by atomic mass is 16.4. The monoisotopic (exact) mass is 343 g/mol. The number of benzene rings is 1. The second-order valence-corrected chi connectivity index (χ2v) is 6.97. The maximum atomic E-state index is 12.0. The number of carbonyl (C=O) groups excluding carboxylic acids is 1. The van der Waals surface area contributed by atoms with E-state index in [1.807, 2.05) is 24.3 Å². The zero-order chi connectivity index (χ0) is 17.8. The first-order valence-corrected chi connectivity index (χ1v) is 8.80. The normalized spacial score (nSPS) is 20.0. The van der Waals surface area contributed by atoms with E-state index in [9.17, 15) is 9.90 Å². The van der Waals surface area contributed by atoms with Crippen LogP contribution in [0.2, 0.25) is 0 Å². The molecule has 6 nitrogen and oxygen atoms in total. The second-order valence-electron chi connectivity index (χ2n) is 6.97. The van der Waals surface area contributed by atoms with E-state index in [1.54, 1.807) is 6.20 Å². The predicted octanol–water partition coefficient (Wildman–Crippen LogP) is 3.75. The average molecular weight is 343 g/mol. The van der Waals surface area contributed by atoms with Crippen LogP contribution in [0.25, 0.3) is 11.5 Å². The molecular formula is C19H25N3O3. The number of aliphatic hydroxyl groups is 1. The van der Waals surface area contributed by atoms with Gasteiger partial charge in [-0.05, 0) is 49.4 Å². The van der Waals surface area contributed by atoms with Gasteiger partial charge in [0, 0.05) is 23.7 Å². The van der Waals surface area contributed by atoms with Crippen LogP contribution in [0.4, 0.5) is 10.5 Å². The van der Waals surface area contributed by atoms with Gasteiger partial charge < -0.3 is 20.2 Å². The fourth-order valence-electron chi connectivity index (χ4n) is 3.03. The molecule has 1 aliphatic rings. The number of aromatic nitrogens is 1. The minimum atomic E-state index is -0.229. The number of nitrogens with one attached hydrogen (secondary N) is 2. The summed E-state index contributed by atoms with van der Waals surface area (Å²) in [5.74, 6) is 2.10. The van der Waals surface area contributed by atoms with Crippen molar-refractivity contribution in [1.82, 2.24) is 10.3 Å². The third-order valence-corrected chi connectivity index (χ3v) is 4.55. The molecular weight excluding hydrogens is 318 g/mol. The van der Waals surface area contributed by atoms with Gasteiger partial charge >= 0.3 is 6.03 Å². The van der Waals surface area contributed by atoms with Gasteiger partial charge in [-0.3, -0.25) is 0 Å². The summed E-state index contributed by atoms with van der Waals surface area (Å²) in [6, 6.07) is 7.17. The third-order valence-electron chi connectivity index (χ3n) is 4.55. The molecule has 0 bridgehead atoms. The molecule has 3 rings (SSSR count). The molecule has 25 heavy (non-hydrogen) atoms. The molecule has 6 heteroatoms. The smallest absolute Gasteiger partial charge is 0.319 e. The Balaban J connectivity index is 1.52. The number of anilines is 1. The fraction of sp³-hybridized carbons (Fsp3) is 0.474. The van der Waals surface area contributed by atoms with E-state index >= 15 is 0 Å². The lowest BCUT2D eigenvalue weighted by molar-refractivity contribution is 0.177. The number of aliphatic hydroxyl groups excluding tert-OH is 1. The van der Waals surface area contributed by atoms with E-state index in [-0.39, 0.29) is 12.1 Å². The highest BCUT2D eigenvalue weighted by Crippen LogP contribution is 2.25. The van der Waals surface area contributed by atoms with Crippen LogP contribution < -0.4 is 10.6 Å². The van der Waals surface area contributed by atoms with Crippen molar-refractivity contribution in [2.45, 2.75) is 45.1 Å². The quantitative estimate of drug-likeness (QED) is 0.771. The summed E-state index contributed by atoms with van der Waals surface area (Å²) in [5.41, 5.74) is 1.58. The SMILES string of the molecule is CC(C)c1cnc(-c2ccc(NC(=O)NC[C@H]3CC[C@H](O)C3)cc2)o1. The molecule has 2 aromatic rings. The Morgan fingerprint density at radius 3 is 2.68 bits per heavy atom. The molecule has 0 spiro atoms. The molecule has 2 atom stereocenters. The molecule has 0 radical (unpaired) electrons. The summed E-state index contributed by atoms with van der Waals surface area (Å²) < 4.78 is 5.73. The highest BCUT2D eigenvalue weighted by molar-refractivity contribution is 5.89. The van der Waals surface area contributed by atoms with Crippen LogP contribution in [0.1, 0.15) is 44.8 Å². The molecule has 0 unspecified atom stereocenters. The minimum absolute atomic E-state index is 0.214. The molecule has 134 valence electrons. The van der Waals surface area contributed by atoms with Gasteiger partial charge in [0.2, 0.25) is 5.89 Å². The maximum Gasteiger partial charge on any atom is 0.319 e. The average Bonchev–Trinajstić information content (AvgIpc) is 3.23. The standard InChI is InChI=1S/C19H25N3O3/c1-12(2)17-11-20-18(25-17)14-4-6-15(7-5-14)22-19(24)21-10-13-3-8-16(23)9-13/h4-7,11-13,16,23H,3,8-10H2,1-2H3,(H2,21,22,24)/t13-,16-/m0/s1. The Morgan fingerprint density at radius 2 is 2.08 bits per heavy atom. The lowest BCUT2D eigenvalue weighted by Crippen LogP contribution is -2.32. The second kappa shape index (κ2) is 7.70. The van der Waals surface area contributed by atoms with Crippen LogP contribution in [0, 0.1) is 5.92 Å². The van der Waals surface area contributed by atoms with Crippen LogP contribution in [0.5, 0.6) is 0 Å². The van der Waals surface area contributed by atoms with Crippen molar-refractivity contribution in [2.75, 3.05) is 11.9 Å². The fourth-order valence-corrected chi connectivity index (χ4v) is 3.03. The van der Waals surface area contributed by atoms with Crippen LogP contribution >= 0.6 is 0 Å². The van der Waals surface area contributed by atoms with Crippen LogP contribution in [-0.2, 0) is 0 Å².